The van der Waals surface area contributed by atoms with Crippen LogP contribution in [0.15, 0.2) is 12.7 Å². The number of hydrogen-bond acceptors (Lipinski definition) is 7. The molecule has 0 aliphatic rings. The lowest BCUT2D eigenvalue weighted by Crippen LogP contribution is -2.13. The number of anilines is 1. The first kappa shape index (κ1) is 12.8. The molecule has 2 aromatic rings. The van der Waals surface area contributed by atoms with Crippen LogP contribution in [0.3, 0.4) is 0 Å². The van der Waals surface area contributed by atoms with Gasteiger partial charge in [-0.3, -0.25) is 0 Å². The zero-order chi connectivity index (χ0) is 13.1. The maximum Gasteiger partial charge on any atom is 0.697 e. The van der Waals surface area contributed by atoms with Gasteiger partial charge < -0.3 is 10.3 Å². The maximum atomic E-state index is 11.1. The Balaban J connectivity index is 2.17. The molecule has 0 aliphatic heterocycles. The summed E-state index contributed by atoms with van der Waals surface area (Å²) in [5.41, 5.74) is 6.84. The third kappa shape index (κ3) is 2.61. The minimum absolute atomic E-state index is 0.304. The molecule has 0 radical (unpaired) electrons. The first-order valence-corrected chi connectivity index (χ1v) is 6.30. The van der Waals surface area contributed by atoms with E-state index in [1.54, 1.807) is 17.8 Å². The molecule has 0 aliphatic carbocycles. The smallest absolute Gasteiger partial charge is 0.382 e. The van der Waals surface area contributed by atoms with E-state index < -0.39 is 8.25 Å². The summed E-state index contributed by atoms with van der Waals surface area (Å²) in [6, 6.07) is 0. The number of nitrogen functional groups attached to an aromatic ring is 1. The third-order valence-corrected chi connectivity index (χ3v) is 3.13. The predicted octanol–water partition coefficient (Wildman–Crippen LogP) is 1.12. The van der Waals surface area contributed by atoms with Crippen molar-refractivity contribution in [3.8, 4) is 0 Å². The molecule has 0 aromatic carbocycles. The molecule has 96 valence electrons. The molecule has 0 amide bonds. The van der Waals surface area contributed by atoms with E-state index in [9.17, 15) is 4.57 Å². The van der Waals surface area contributed by atoms with Crippen LogP contribution in [0, 0.1) is 0 Å². The van der Waals surface area contributed by atoms with E-state index in [1.807, 2.05) is 0 Å². The molecule has 0 bridgehead atoms. The molecule has 0 saturated heterocycles. The fourth-order valence-corrected chi connectivity index (χ4v) is 1.98. The van der Waals surface area contributed by atoms with E-state index in [4.69, 9.17) is 10.3 Å². The Morgan fingerprint density at radius 2 is 2.28 bits per heavy atom. The van der Waals surface area contributed by atoms with Gasteiger partial charge in [-0.1, -0.05) is 0 Å². The van der Waals surface area contributed by atoms with E-state index in [2.05, 4.69) is 19.5 Å². The Bertz CT molecular complexity index is 572. The van der Waals surface area contributed by atoms with Gasteiger partial charge in [0.15, 0.2) is 11.5 Å². The number of nitrogens with zero attached hydrogens (tertiary/aromatic N) is 4. The van der Waals surface area contributed by atoms with Crippen LogP contribution in [-0.4, -0.2) is 32.7 Å². The fourth-order valence-electron chi connectivity index (χ4n) is 1.53. The summed E-state index contributed by atoms with van der Waals surface area (Å²) < 4.78 is 22.5. The number of nitrogens with two attached hydrogens (primary N) is 1. The number of rotatable bonds is 5. The summed E-state index contributed by atoms with van der Waals surface area (Å²) in [6.07, 6.45) is 2.66. The quantitative estimate of drug-likeness (QED) is 0.811. The number of aromatic nitrogens is 4. The molecular weight excluding hydrogens is 257 g/mol. The van der Waals surface area contributed by atoms with Crippen molar-refractivity contribution < 1.29 is 13.6 Å². The van der Waals surface area contributed by atoms with Crippen LogP contribution >= 0.6 is 8.25 Å². The van der Waals surface area contributed by atoms with Crippen molar-refractivity contribution >= 4 is 25.2 Å². The lowest BCUT2D eigenvalue weighted by Gasteiger charge is -2.06. The van der Waals surface area contributed by atoms with Crippen molar-refractivity contribution in [3.63, 3.8) is 0 Å². The molecule has 2 rings (SSSR count). The normalized spacial score (nSPS) is 13.8. The molecule has 2 unspecified atom stereocenters. The Morgan fingerprint density at radius 3 is 3.00 bits per heavy atom. The van der Waals surface area contributed by atoms with Gasteiger partial charge >= 0.3 is 8.25 Å². The van der Waals surface area contributed by atoms with Crippen LogP contribution in [-0.2, 0) is 20.2 Å². The fraction of sp³-hybridized carbons (Fsp3) is 0.444. The molecule has 2 heterocycles. The van der Waals surface area contributed by atoms with Crippen molar-refractivity contribution in [1.82, 2.24) is 19.5 Å². The first-order valence-electron chi connectivity index (χ1n) is 5.21. The summed E-state index contributed by atoms with van der Waals surface area (Å²) >= 11 is 0. The first-order chi connectivity index (χ1) is 8.61. The molecule has 8 nitrogen and oxygen atoms in total. The summed E-state index contributed by atoms with van der Waals surface area (Å²) in [6.45, 7) is 2.22. The minimum atomic E-state index is -2.09. The monoisotopic (exact) mass is 270 g/mol. The van der Waals surface area contributed by atoms with Crippen LogP contribution in [0.4, 0.5) is 5.82 Å². The molecule has 18 heavy (non-hydrogen) atoms. The summed E-state index contributed by atoms with van der Waals surface area (Å²) in [7, 11) is -0.765. The molecule has 9 heteroatoms. The maximum absolute atomic E-state index is 11.1. The summed E-state index contributed by atoms with van der Waals surface area (Å²) in [5.74, 6) is 0.329. The highest BCUT2D eigenvalue weighted by Crippen LogP contribution is 2.25. The second kappa shape index (κ2) is 5.34. The van der Waals surface area contributed by atoms with Crippen LogP contribution < -0.4 is 5.73 Å². The van der Waals surface area contributed by atoms with Gasteiger partial charge in [0.05, 0.1) is 20.0 Å². The van der Waals surface area contributed by atoms with Crippen molar-refractivity contribution in [1.29, 1.82) is 0 Å². The van der Waals surface area contributed by atoms with Crippen molar-refractivity contribution in [2.24, 2.45) is 0 Å². The molecule has 2 N–H and O–H groups in total. The molecule has 2 aromatic heterocycles. The molecule has 2 atom stereocenters. The topological polar surface area (TPSA) is 105 Å². The van der Waals surface area contributed by atoms with Crippen molar-refractivity contribution in [3.05, 3.63) is 12.7 Å². The van der Waals surface area contributed by atoms with Crippen molar-refractivity contribution in [2.75, 3.05) is 12.8 Å². The van der Waals surface area contributed by atoms with Crippen LogP contribution in [0.1, 0.15) is 6.92 Å². The second-order valence-corrected chi connectivity index (χ2v) is 4.67. The SMILES string of the molecule is CO[P+](=O)OC(C)Cn1cnc2c(N)ncnc21. The molecule has 0 saturated carbocycles. The van der Waals surface area contributed by atoms with Gasteiger partial charge in [0, 0.05) is 4.57 Å². The van der Waals surface area contributed by atoms with Crippen LogP contribution in [0.5, 0.6) is 0 Å². The van der Waals surface area contributed by atoms with Gasteiger partial charge in [-0.25, -0.2) is 15.0 Å². The van der Waals surface area contributed by atoms with E-state index in [-0.39, 0.29) is 6.10 Å². The van der Waals surface area contributed by atoms with Crippen LogP contribution in [0.2, 0.25) is 0 Å². The molecule has 0 spiro atoms. The van der Waals surface area contributed by atoms with Gasteiger partial charge in [-0.15, -0.1) is 9.05 Å². The van der Waals surface area contributed by atoms with E-state index in [1.165, 1.54) is 13.4 Å². The Morgan fingerprint density at radius 1 is 1.50 bits per heavy atom. The number of hydrogen-bond donors (Lipinski definition) is 1. The second-order valence-electron chi connectivity index (χ2n) is 3.65. The van der Waals surface area contributed by atoms with Crippen LogP contribution in [0.25, 0.3) is 11.2 Å². The highest BCUT2D eigenvalue weighted by Gasteiger charge is 2.23. The Kier molecular flexibility index (Phi) is 3.81. The predicted molar refractivity (Wildman–Crippen MR) is 64.9 cm³/mol. The molecule has 0 fully saturated rings. The van der Waals surface area contributed by atoms with E-state index in [0.717, 1.165) is 0 Å². The van der Waals surface area contributed by atoms with Gasteiger partial charge in [-0.05, 0) is 6.92 Å². The minimum Gasteiger partial charge on any atom is -0.382 e. The molecular formula is C9H13N5O3P+. The third-order valence-electron chi connectivity index (χ3n) is 2.30. The lowest BCUT2D eigenvalue weighted by molar-refractivity contribution is 0.176. The highest BCUT2D eigenvalue weighted by atomic mass is 31.1. The number of imidazole rings is 1. The zero-order valence-corrected chi connectivity index (χ0v) is 10.9. The largest absolute Gasteiger partial charge is 0.697 e. The Hall–Kier alpha value is -1.63. The summed E-state index contributed by atoms with van der Waals surface area (Å²) in [5, 5.41) is 0. The average Bonchev–Trinajstić information content (AvgIpc) is 2.74. The zero-order valence-electron chi connectivity index (χ0n) is 9.98. The van der Waals surface area contributed by atoms with E-state index >= 15 is 0 Å². The van der Waals surface area contributed by atoms with Crippen molar-refractivity contribution in [2.45, 2.75) is 19.6 Å². The van der Waals surface area contributed by atoms with Gasteiger partial charge in [0.25, 0.3) is 0 Å². The Labute approximate surface area is 104 Å². The van der Waals surface area contributed by atoms with E-state index in [0.29, 0.717) is 23.5 Å². The number of fused-ring (bicyclic) bond motifs is 1. The van der Waals surface area contributed by atoms with Gasteiger partial charge in [0.2, 0.25) is 0 Å². The highest BCUT2D eigenvalue weighted by molar-refractivity contribution is 7.33. The standard InChI is InChI=1S/C9H13N5O3P/c1-6(17-18(15)16-2)3-14-5-13-7-8(10)11-4-12-9(7)14/h4-6H,3H2,1-2H3,(H2,10,11,12)/q+1. The van der Waals surface area contributed by atoms with Gasteiger partial charge in [-0.2, -0.15) is 0 Å². The van der Waals surface area contributed by atoms with Gasteiger partial charge in [0.1, 0.15) is 17.9 Å². The average molecular weight is 270 g/mol. The summed E-state index contributed by atoms with van der Waals surface area (Å²) in [4.78, 5) is 12.1. The lowest BCUT2D eigenvalue weighted by atomic mass is 10.4.